The average Bonchev–Trinajstić information content (AvgIpc) is 2.18. The molecule has 3 nitrogen and oxygen atoms in total. The zero-order valence-electron chi connectivity index (χ0n) is 7.92. The van der Waals surface area contributed by atoms with Crippen LogP contribution in [0.1, 0.15) is 11.1 Å². The Labute approximate surface area is 78.2 Å². The molecule has 0 amide bonds. The van der Waals surface area contributed by atoms with E-state index in [-0.39, 0.29) is 0 Å². The highest BCUT2D eigenvalue weighted by molar-refractivity contribution is 5.85. The largest absolute Gasteiger partial charge is 0.388 e. The second-order valence-electron chi connectivity index (χ2n) is 2.75. The Balaban J connectivity index is 2.98. The maximum atomic E-state index is 7.21. The van der Waals surface area contributed by atoms with Crippen LogP contribution in [0.5, 0.6) is 0 Å². The minimum atomic E-state index is 0.588. The van der Waals surface area contributed by atoms with Crippen molar-refractivity contribution in [3.8, 4) is 0 Å². The number of ether oxygens (including phenoxy) is 1. The van der Waals surface area contributed by atoms with Crippen LogP contribution in [0.4, 0.5) is 5.69 Å². The summed E-state index contributed by atoms with van der Waals surface area (Å²) in [6.07, 6.45) is 1.34. The lowest BCUT2D eigenvalue weighted by Gasteiger charge is -2.06. The lowest BCUT2D eigenvalue weighted by Crippen LogP contribution is -1.96. The molecule has 1 aromatic rings. The fourth-order valence-electron chi connectivity index (χ4n) is 1.22. The summed E-state index contributed by atoms with van der Waals surface area (Å²) in [6.45, 7) is 0.588. The monoisotopic (exact) mass is 178 g/mol. The predicted octanol–water partition coefficient (Wildman–Crippen LogP) is 1.87. The van der Waals surface area contributed by atoms with Crippen LogP contribution in [-0.4, -0.2) is 20.4 Å². The topological polar surface area (TPSA) is 45.1 Å². The minimum Gasteiger partial charge on any atom is -0.388 e. The van der Waals surface area contributed by atoms with Crippen LogP contribution >= 0.6 is 0 Å². The number of methoxy groups -OCH3 is 1. The van der Waals surface area contributed by atoms with Crippen LogP contribution in [0.3, 0.4) is 0 Å². The molecule has 13 heavy (non-hydrogen) atoms. The minimum absolute atomic E-state index is 0.588. The first-order valence-corrected chi connectivity index (χ1v) is 4.12. The van der Waals surface area contributed by atoms with E-state index in [0.29, 0.717) is 6.61 Å². The number of rotatable bonds is 4. The van der Waals surface area contributed by atoms with Gasteiger partial charge < -0.3 is 15.5 Å². The van der Waals surface area contributed by atoms with E-state index in [1.54, 1.807) is 7.11 Å². The lowest BCUT2D eigenvalue weighted by molar-refractivity contribution is 0.185. The van der Waals surface area contributed by atoms with Crippen molar-refractivity contribution >= 4 is 11.9 Å². The summed E-state index contributed by atoms with van der Waals surface area (Å²) in [5.74, 6) is 0. The smallest absolute Gasteiger partial charge is 0.0713 e. The molecule has 0 aromatic heterocycles. The van der Waals surface area contributed by atoms with E-state index < -0.39 is 0 Å². The van der Waals surface area contributed by atoms with Crippen LogP contribution < -0.4 is 5.32 Å². The van der Waals surface area contributed by atoms with Gasteiger partial charge in [-0.15, -0.1) is 0 Å². The Morgan fingerprint density at radius 1 is 1.54 bits per heavy atom. The van der Waals surface area contributed by atoms with Gasteiger partial charge in [0.05, 0.1) is 6.61 Å². The van der Waals surface area contributed by atoms with E-state index in [1.807, 2.05) is 25.2 Å². The van der Waals surface area contributed by atoms with Crippen molar-refractivity contribution in [3.05, 3.63) is 29.3 Å². The molecule has 1 aromatic carbocycles. The van der Waals surface area contributed by atoms with Crippen LogP contribution in [0, 0.1) is 5.41 Å². The van der Waals surface area contributed by atoms with Crippen molar-refractivity contribution < 1.29 is 4.74 Å². The Morgan fingerprint density at radius 2 is 2.31 bits per heavy atom. The molecule has 0 fully saturated rings. The van der Waals surface area contributed by atoms with Crippen molar-refractivity contribution in [1.29, 1.82) is 5.41 Å². The first kappa shape index (κ1) is 9.74. The summed E-state index contributed by atoms with van der Waals surface area (Å²) in [6, 6.07) is 5.89. The second kappa shape index (κ2) is 4.62. The van der Waals surface area contributed by atoms with E-state index in [1.165, 1.54) is 6.21 Å². The van der Waals surface area contributed by atoms with E-state index in [2.05, 4.69) is 5.32 Å². The van der Waals surface area contributed by atoms with Crippen molar-refractivity contribution in [2.24, 2.45) is 0 Å². The molecule has 0 heterocycles. The van der Waals surface area contributed by atoms with Crippen LogP contribution in [0.15, 0.2) is 18.2 Å². The molecule has 1 rings (SSSR count). The first-order chi connectivity index (χ1) is 6.31. The maximum Gasteiger partial charge on any atom is 0.0713 e. The molecule has 0 aliphatic rings. The summed E-state index contributed by atoms with van der Waals surface area (Å²) in [5, 5.41) is 10.2. The first-order valence-electron chi connectivity index (χ1n) is 4.12. The van der Waals surface area contributed by atoms with Crippen molar-refractivity contribution in [3.63, 3.8) is 0 Å². The van der Waals surface area contributed by atoms with Crippen LogP contribution in [0.25, 0.3) is 0 Å². The zero-order chi connectivity index (χ0) is 9.68. The molecule has 0 saturated heterocycles. The highest BCUT2D eigenvalue weighted by Gasteiger charge is 1.99. The van der Waals surface area contributed by atoms with Gasteiger partial charge in [-0.05, 0) is 17.7 Å². The van der Waals surface area contributed by atoms with Gasteiger partial charge >= 0.3 is 0 Å². The lowest BCUT2D eigenvalue weighted by atomic mass is 10.1. The molecule has 0 bridgehead atoms. The summed E-state index contributed by atoms with van der Waals surface area (Å²) in [7, 11) is 3.51. The molecule has 0 unspecified atom stereocenters. The van der Waals surface area contributed by atoms with Gasteiger partial charge in [0.2, 0.25) is 0 Å². The number of nitrogens with one attached hydrogen (secondary N) is 2. The molecule has 0 aliphatic carbocycles. The summed E-state index contributed by atoms with van der Waals surface area (Å²) < 4.78 is 5.01. The van der Waals surface area contributed by atoms with Gasteiger partial charge in [-0.3, -0.25) is 0 Å². The third-order valence-corrected chi connectivity index (χ3v) is 1.85. The van der Waals surface area contributed by atoms with Gasteiger partial charge in [0.15, 0.2) is 0 Å². The Kier molecular flexibility index (Phi) is 3.46. The summed E-state index contributed by atoms with van der Waals surface area (Å²) in [5.41, 5.74) is 2.94. The second-order valence-corrected chi connectivity index (χ2v) is 2.75. The van der Waals surface area contributed by atoms with Crippen molar-refractivity contribution in [2.75, 3.05) is 19.5 Å². The van der Waals surface area contributed by atoms with Crippen LogP contribution in [-0.2, 0) is 11.3 Å². The van der Waals surface area contributed by atoms with Gasteiger partial charge in [-0.1, -0.05) is 6.07 Å². The Hall–Kier alpha value is -1.35. The predicted molar refractivity (Wildman–Crippen MR) is 54.6 cm³/mol. The summed E-state index contributed by atoms with van der Waals surface area (Å²) in [4.78, 5) is 0. The normalized spacial score (nSPS) is 9.69. The SMILES string of the molecule is CNc1ccc(COC)cc1C=N. The molecular weight excluding hydrogens is 164 g/mol. The van der Waals surface area contributed by atoms with E-state index >= 15 is 0 Å². The van der Waals surface area contributed by atoms with Crippen molar-refractivity contribution in [1.82, 2.24) is 0 Å². The molecule has 70 valence electrons. The maximum absolute atomic E-state index is 7.21. The Morgan fingerprint density at radius 3 is 2.85 bits per heavy atom. The number of benzene rings is 1. The van der Waals surface area contributed by atoms with Gasteiger partial charge in [0, 0.05) is 31.6 Å². The molecule has 2 N–H and O–H groups in total. The molecule has 0 atom stereocenters. The molecule has 0 spiro atoms. The molecule has 3 heteroatoms. The highest BCUT2D eigenvalue weighted by Crippen LogP contribution is 2.15. The molecule has 0 saturated carbocycles. The highest BCUT2D eigenvalue weighted by atomic mass is 16.5. The Bertz CT molecular complexity index is 297. The zero-order valence-corrected chi connectivity index (χ0v) is 7.92. The van der Waals surface area contributed by atoms with E-state index in [0.717, 1.165) is 16.8 Å². The van der Waals surface area contributed by atoms with Gasteiger partial charge in [0.25, 0.3) is 0 Å². The quantitative estimate of drug-likeness (QED) is 0.691. The van der Waals surface area contributed by atoms with E-state index in [9.17, 15) is 0 Å². The standard InChI is InChI=1S/C10H14N2O/c1-12-10-4-3-8(7-13-2)5-9(10)6-11/h3-6,11-12H,7H2,1-2H3. The summed E-state index contributed by atoms with van der Waals surface area (Å²) >= 11 is 0. The number of hydrogen-bond acceptors (Lipinski definition) is 3. The van der Waals surface area contributed by atoms with Crippen molar-refractivity contribution in [2.45, 2.75) is 6.61 Å². The fourth-order valence-corrected chi connectivity index (χ4v) is 1.22. The number of hydrogen-bond donors (Lipinski definition) is 2. The third-order valence-electron chi connectivity index (χ3n) is 1.85. The number of anilines is 1. The van der Waals surface area contributed by atoms with Gasteiger partial charge in [-0.2, -0.15) is 0 Å². The molecular formula is C10H14N2O. The third kappa shape index (κ3) is 2.29. The van der Waals surface area contributed by atoms with E-state index in [4.69, 9.17) is 10.1 Å². The fraction of sp³-hybridized carbons (Fsp3) is 0.300. The average molecular weight is 178 g/mol. The molecule has 0 aliphatic heterocycles. The van der Waals surface area contributed by atoms with Gasteiger partial charge in [0.1, 0.15) is 0 Å². The van der Waals surface area contributed by atoms with Gasteiger partial charge in [-0.25, -0.2) is 0 Å². The molecule has 0 radical (unpaired) electrons. The van der Waals surface area contributed by atoms with Crippen LogP contribution in [0.2, 0.25) is 0 Å².